The Hall–Kier alpha value is -0.900. The highest BCUT2D eigenvalue weighted by Crippen LogP contribution is 2.38. The first kappa shape index (κ1) is 8.69. The molecule has 0 radical (unpaired) electrons. The third-order valence-corrected chi connectivity index (χ3v) is 2.75. The van der Waals surface area contributed by atoms with Crippen LogP contribution in [0.15, 0.2) is 10.9 Å². The highest BCUT2D eigenvalue weighted by molar-refractivity contribution is 4.98. The largest absolute Gasteiger partial charge is 0.338 e. The normalized spacial score (nSPS) is 27.4. The number of piperidine rings is 1. The summed E-state index contributed by atoms with van der Waals surface area (Å²) in [6.07, 6.45) is 3.88. The lowest BCUT2D eigenvalue weighted by molar-refractivity contribution is 0.146. The van der Waals surface area contributed by atoms with Gasteiger partial charge in [0.15, 0.2) is 6.33 Å². The van der Waals surface area contributed by atoms with Gasteiger partial charge < -0.3 is 9.84 Å². The molecule has 1 aliphatic rings. The minimum atomic E-state index is 0.212. The highest BCUT2D eigenvalue weighted by atomic mass is 16.5. The van der Waals surface area contributed by atoms with Crippen molar-refractivity contribution in [2.45, 2.75) is 32.7 Å². The molecule has 1 fully saturated rings. The minimum absolute atomic E-state index is 0.212. The van der Waals surface area contributed by atoms with Crippen molar-refractivity contribution in [2.24, 2.45) is 5.41 Å². The van der Waals surface area contributed by atoms with Gasteiger partial charge in [-0.15, -0.1) is 0 Å². The predicted molar refractivity (Wildman–Crippen MR) is 48.1 cm³/mol. The standard InChI is InChI=1S/C9H15N3O/c1-9(2)4-3-5-10-7(9)8-11-6-12-13-8/h6-7,10H,3-5H2,1-2H3. The predicted octanol–water partition coefficient (Wildman–Crippen LogP) is 1.52. The number of hydrogen-bond donors (Lipinski definition) is 1. The number of aromatic nitrogens is 2. The van der Waals surface area contributed by atoms with Crippen molar-refractivity contribution in [3.8, 4) is 0 Å². The van der Waals surface area contributed by atoms with Crippen molar-refractivity contribution in [2.75, 3.05) is 6.54 Å². The van der Waals surface area contributed by atoms with E-state index in [0.29, 0.717) is 5.89 Å². The van der Waals surface area contributed by atoms with Crippen molar-refractivity contribution >= 4 is 0 Å². The maximum absolute atomic E-state index is 5.08. The minimum Gasteiger partial charge on any atom is -0.338 e. The third kappa shape index (κ3) is 1.58. The van der Waals surface area contributed by atoms with E-state index in [1.807, 2.05) is 0 Å². The summed E-state index contributed by atoms with van der Waals surface area (Å²) in [6.45, 7) is 5.50. The van der Waals surface area contributed by atoms with Crippen LogP contribution >= 0.6 is 0 Å². The molecule has 1 saturated heterocycles. The van der Waals surface area contributed by atoms with Gasteiger partial charge in [-0.25, -0.2) is 0 Å². The van der Waals surface area contributed by atoms with Crippen LogP contribution in [0.2, 0.25) is 0 Å². The Kier molecular flexibility index (Phi) is 2.07. The Balaban J connectivity index is 2.21. The zero-order valence-corrected chi connectivity index (χ0v) is 8.08. The van der Waals surface area contributed by atoms with E-state index in [4.69, 9.17) is 4.52 Å². The van der Waals surface area contributed by atoms with Crippen LogP contribution in [-0.4, -0.2) is 16.7 Å². The van der Waals surface area contributed by atoms with E-state index in [1.165, 1.54) is 19.2 Å². The zero-order chi connectivity index (χ0) is 9.31. The van der Waals surface area contributed by atoms with Crippen LogP contribution in [-0.2, 0) is 0 Å². The molecule has 1 atom stereocenters. The van der Waals surface area contributed by atoms with Gasteiger partial charge in [0.2, 0.25) is 5.89 Å². The van der Waals surface area contributed by atoms with E-state index >= 15 is 0 Å². The van der Waals surface area contributed by atoms with Crippen LogP contribution in [0.5, 0.6) is 0 Å². The Morgan fingerprint density at radius 1 is 1.62 bits per heavy atom. The van der Waals surface area contributed by atoms with Gasteiger partial charge >= 0.3 is 0 Å². The molecule has 2 heterocycles. The first-order chi connectivity index (χ1) is 6.20. The van der Waals surface area contributed by atoms with Crippen molar-refractivity contribution in [1.82, 2.24) is 15.5 Å². The van der Waals surface area contributed by atoms with Crippen LogP contribution in [0.3, 0.4) is 0 Å². The molecule has 1 aromatic rings. The fraction of sp³-hybridized carbons (Fsp3) is 0.778. The van der Waals surface area contributed by atoms with E-state index in [9.17, 15) is 0 Å². The molecule has 4 nitrogen and oxygen atoms in total. The monoisotopic (exact) mass is 181 g/mol. The number of hydrogen-bond acceptors (Lipinski definition) is 4. The molecule has 4 heteroatoms. The molecule has 1 aromatic heterocycles. The SMILES string of the molecule is CC1(C)CCCNC1c1ncno1. The van der Waals surface area contributed by atoms with E-state index in [1.54, 1.807) is 0 Å². The molecule has 0 spiro atoms. The van der Waals surface area contributed by atoms with Gasteiger partial charge in [0.25, 0.3) is 0 Å². The summed E-state index contributed by atoms with van der Waals surface area (Å²) < 4.78 is 5.08. The molecule has 0 aromatic carbocycles. The molecule has 0 aliphatic carbocycles. The van der Waals surface area contributed by atoms with Crippen molar-refractivity contribution < 1.29 is 4.52 Å². The molecular weight excluding hydrogens is 166 g/mol. The highest BCUT2D eigenvalue weighted by Gasteiger charge is 2.36. The number of nitrogens with one attached hydrogen (secondary N) is 1. The molecule has 2 rings (SSSR count). The maximum Gasteiger partial charge on any atom is 0.244 e. The summed E-state index contributed by atoms with van der Waals surface area (Å²) in [7, 11) is 0. The van der Waals surface area contributed by atoms with E-state index < -0.39 is 0 Å². The number of rotatable bonds is 1. The molecule has 0 bridgehead atoms. The lowest BCUT2D eigenvalue weighted by atomic mass is 9.77. The summed E-state index contributed by atoms with van der Waals surface area (Å²) in [5, 5.41) is 7.05. The smallest absolute Gasteiger partial charge is 0.244 e. The summed E-state index contributed by atoms with van der Waals surface area (Å²) in [5.74, 6) is 0.713. The summed E-state index contributed by atoms with van der Waals surface area (Å²) >= 11 is 0. The summed E-state index contributed by atoms with van der Waals surface area (Å²) in [5.41, 5.74) is 0.213. The molecule has 1 unspecified atom stereocenters. The molecule has 1 N–H and O–H groups in total. The van der Waals surface area contributed by atoms with Crippen LogP contribution in [0.1, 0.15) is 38.6 Å². The Morgan fingerprint density at radius 3 is 3.08 bits per heavy atom. The van der Waals surface area contributed by atoms with Crippen molar-refractivity contribution in [1.29, 1.82) is 0 Å². The van der Waals surface area contributed by atoms with Gasteiger partial charge in [0.1, 0.15) is 0 Å². The molecule has 13 heavy (non-hydrogen) atoms. The van der Waals surface area contributed by atoms with Crippen molar-refractivity contribution in [3.63, 3.8) is 0 Å². The van der Waals surface area contributed by atoms with E-state index in [-0.39, 0.29) is 11.5 Å². The fourth-order valence-corrected chi connectivity index (χ4v) is 1.94. The first-order valence-corrected chi connectivity index (χ1v) is 4.70. The molecule has 72 valence electrons. The van der Waals surface area contributed by atoms with Gasteiger partial charge in [-0.3, -0.25) is 0 Å². The van der Waals surface area contributed by atoms with Gasteiger partial charge in [-0.05, 0) is 24.8 Å². The molecule has 1 aliphatic heterocycles. The topological polar surface area (TPSA) is 51.0 Å². The third-order valence-electron chi connectivity index (χ3n) is 2.75. The van der Waals surface area contributed by atoms with E-state index in [2.05, 4.69) is 29.3 Å². The van der Waals surface area contributed by atoms with Crippen LogP contribution in [0.25, 0.3) is 0 Å². The van der Waals surface area contributed by atoms with Crippen LogP contribution < -0.4 is 5.32 Å². The van der Waals surface area contributed by atoms with Crippen molar-refractivity contribution in [3.05, 3.63) is 12.2 Å². The average molecular weight is 181 g/mol. The second kappa shape index (κ2) is 3.10. The summed E-state index contributed by atoms with van der Waals surface area (Å²) in [4.78, 5) is 4.10. The van der Waals surface area contributed by atoms with E-state index in [0.717, 1.165) is 6.54 Å². The van der Waals surface area contributed by atoms with Crippen LogP contribution in [0.4, 0.5) is 0 Å². The lowest BCUT2D eigenvalue weighted by Gasteiger charge is -2.36. The zero-order valence-electron chi connectivity index (χ0n) is 8.08. The summed E-state index contributed by atoms with van der Waals surface area (Å²) in [6, 6.07) is 0.212. The van der Waals surface area contributed by atoms with Gasteiger partial charge in [0, 0.05) is 0 Å². The lowest BCUT2D eigenvalue weighted by Crippen LogP contribution is -2.39. The van der Waals surface area contributed by atoms with Gasteiger partial charge in [-0.2, -0.15) is 4.98 Å². The Morgan fingerprint density at radius 2 is 2.46 bits per heavy atom. The first-order valence-electron chi connectivity index (χ1n) is 4.70. The van der Waals surface area contributed by atoms with Crippen LogP contribution in [0, 0.1) is 5.41 Å². The second-order valence-corrected chi connectivity index (χ2v) is 4.26. The quantitative estimate of drug-likeness (QED) is 0.713. The van der Waals surface area contributed by atoms with Gasteiger partial charge in [0.05, 0.1) is 6.04 Å². The van der Waals surface area contributed by atoms with Gasteiger partial charge in [-0.1, -0.05) is 19.0 Å². The average Bonchev–Trinajstić information content (AvgIpc) is 2.55. The maximum atomic E-state index is 5.08. The fourth-order valence-electron chi connectivity index (χ4n) is 1.94. The molecule has 0 saturated carbocycles. The Labute approximate surface area is 77.7 Å². The molecule has 0 amide bonds. The second-order valence-electron chi connectivity index (χ2n) is 4.26. The number of nitrogens with zero attached hydrogens (tertiary/aromatic N) is 2. The molecular formula is C9H15N3O. The Bertz CT molecular complexity index is 268.